The van der Waals surface area contributed by atoms with Gasteiger partial charge < -0.3 is 68.3 Å². The van der Waals surface area contributed by atoms with Gasteiger partial charge in [0, 0.05) is 56.4 Å². The molecule has 6 aromatic carbocycles. The largest absolute Gasteiger partial charge is 1.00 e. The zero-order valence-corrected chi connectivity index (χ0v) is 70.5. The summed E-state index contributed by atoms with van der Waals surface area (Å²) in [5, 5.41) is 12.2. The predicted molar refractivity (Wildman–Crippen MR) is 267 cm³/mol. The van der Waals surface area contributed by atoms with Gasteiger partial charge in [0.05, 0.1) is 39.2 Å². The van der Waals surface area contributed by atoms with E-state index in [1.807, 2.05) is 21.3 Å². The Balaban J connectivity index is -0.00000990. The molecule has 0 saturated heterocycles. The molecule has 0 aliphatic carbocycles. The molecule has 0 bridgehead atoms. The zero-order chi connectivity index (χ0) is 63.2. The molecule has 0 atom stereocenters. The van der Waals surface area contributed by atoms with Crippen molar-refractivity contribution in [3.8, 4) is 0 Å². The maximum absolute atomic E-state index is 13.8. The fourth-order valence-electron chi connectivity index (χ4n) is 6.98. The number of carbonyl (C=O) groups excluding carboxylic acids is 5. The molecule has 6 rings (SSSR count). The first kappa shape index (κ1) is 95.9. The van der Waals surface area contributed by atoms with Gasteiger partial charge in [0.25, 0.3) is 23.6 Å². The van der Waals surface area contributed by atoms with Crippen LogP contribution in [0.2, 0.25) is 0 Å². The van der Waals surface area contributed by atoms with Gasteiger partial charge in [-0.05, 0) is 109 Å². The second-order valence-corrected chi connectivity index (χ2v) is 27.1. The average molecular weight is 1510 g/mol. The van der Waals surface area contributed by atoms with E-state index in [0.29, 0.717) is 84.9 Å². The van der Waals surface area contributed by atoms with E-state index in [1.54, 1.807) is 0 Å². The van der Waals surface area contributed by atoms with Gasteiger partial charge in [-0.1, -0.05) is 0 Å². The summed E-state index contributed by atoms with van der Waals surface area (Å²) < 4.78 is 283. The summed E-state index contributed by atoms with van der Waals surface area (Å²) in [7, 11) is -45.7. The number of carbonyl (C=O) groups is 5. The predicted octanol–water partition coefficient (Wildman–Crippen LogP) is -24.4. The van der Waals surface area contributed by atoms with Gasteiger partial charge >= 0.3 is 242 Å². The van der Waals surface area contributed by atoms with Crippen LogP contribution < -0.4 is 268 Å². The molecule has 35 nitrogen and oxygen atoms in total. The molecule has 0 unspecified atom stereocenters. The molecule has 0 spiro atoms. The molecule has 6 aromatic rings. The van der Waals surface area contributed by atoms with Crippen molar-refractivity contribution in [1.82, 2.24) is 0 Å². The van der Waals surface area contributed by atoms with Gasteiger partial charge in [-0.2, -0.15) is 0 Å². The number of urea groups is 1. The first-order valence-corrected chi connectivity index (χ1v) is 32.3. The minimum absolute atomic E-state index is 0. The first-order valence-electron chi connectivity index (χ1n) is 21.1. The van der Waals surface area contributed by atoms with E-state index in [0.717, 1.165) is 0 Å². The summed E-state index contributed by atoms with van der Waals surface area (Å²) in [6.07, 6.45) is 0. The molecule has 0 heterocycles. The summed E-state index contributed by atoms with van der Waals surface area (Å²) >= 11 is 0. The van der Waals surface area contributed by atoms with E-state index in [-0.39, 0.29) is 261 Å². The molecular formula is C41H24N6Na8O29S8. The van der Waals surface area contributed by atoms with Gasteiger partial charge in [-0.25, -0.2) is 72.1 Å². The maximum atomic E-state index is 13.8. The van der Waals surface area contributed by atoms with Gasteiger partial charge in [0.15, 0.2) is 0 Å². The van der Waals surface area contributed by atoms with Crippen LogP contribution in [0.5, 0.6) is 0 Å². The van der Waals surface area contributed by atoms with E-state index in [9.17, 15) is 128 Å². The van der Waals surface area contributed by atoms with Gasteiger partial charge in [-0.15, -0.1) is 0 Å². The molecule has 92 heavy (non-hydrogen) atoms. The SMILES string of the molecule is O=C(Nc1cc(C(=O)Nc2ccc(S(=O)(=O)[O-])c(S(=O)(=O)[O-])c2)cc(C(=O)Nc2ccc(S(=O)(=O)[O-])c(S(=O)(=O)[O-])c2)c1)Nc1cc(C(=O)Nc2ccc(S(=O)(=O)[O-])c(S(=O)(=O)[O-])c2)cc(C(=O)Nc2ccc(S(=O)(=O)[O-])c(S(=O)(=O)[O-])c2)c1.[Na+].[Na+].[Na+].[Na+].[Na+].[Na+].[Na+].[Na+]. The Morgan fingerprint density at radius 1 is 0.217 bits per heavy atom. The molecule has 51 heteroatoms. The fourth-order valence-corrected chi connectivity index (χ4v) is 13.9. The van der Waals surface area contributed by atoms with Crippen LogP contribution in [0.25, 0.3) is 0 Å². The third-order valence-corrected chi connectivity index (χ3v) is 18.0. The molecule has 6 amide bonds. The van der Waals surface area contributed by atoms with Crippen LogP contribution in [0.4, 0.5) is 38.9 Å². The van der Waals surface area contributed by atoms with E-state index in [2.05, 4.69) is 10.6 Å². The summed E-state index contributed by atoms with van der Waals surface area (Å²) in [4.78, 5) is 55.9. The third-order valence-electron chi connectivity index (χ3n) is 10.4. The first-order chi connectivity index (χ1) is 38.2. The van der Waals surface area contributed by atoms with Crippen molar-refractivity contribution in [3.63, 3.8) is 0 Å². The molecule has 0 aromatic heterocycles. The second-order valence-electron chi connectivity index (χ2n) is 16.3. The molecule has 6 N–H and O–H groups in total. The van der Waals surface area contributed by atoms with Gasteiger partial charge in [0.1, 0.15) is 80.9 Å². The molecule has 0 aliphatic heterocycles. The Morgan fingerprint density at radius 3 is 0.533 bits per heavy atom. The number of nitrogens with one attached hydrogen (secondary N) is 6. The van der Waals surface area contributed by atoms with Crippen molar-refractivity contribution in [2.24, 2.45) is 0 Å². The number of anilines is 6. The summed E-state index contributed by atoms with van der Waals surface area (Å²) in [6.45, 7) is 0. The molecule has 0 radical (unpaired) electrons. The topological polar surface area (TPSA) is 615 Å². The van der Waals surface area contributed by atoms with E-state index in [1.165, 1.54) is 0 Å². The Morgan fingerprint density at radius 2 is 0.380 bits per heavy atom. The zero-order valence-electron chi connectivity index (χ0n) is 48.0. The second kappa shape index (κ2) is 36.9. The van der Waals surface area contributed by atoms with Crippen LogP contribution in [0.15, 0.2) is 148 Å². The van der Waals surface area contributed by atoms with Gasteiger partial charge in [-0.3, -0.25) is 19.2 Å². The molecule has 0 fully saturated rings. The Kier molecular flexibility index (Phi) is 38.5. The third kappa shape index (κ3) is 26.4. The van der Waals surface area contributed by atoms with E-state index >= 15 is 0 Å². The number of hydrogen-bond acceptors (Lipinski definition) is 29. The van der Waals surface area contributed by atoms with Crippen LogP contribution in [0, 0.1) is 0 Å². The van der Waals surface area contributed by atoms with Crippen LogP contribution in [0.3, 0.4) is 0 Å². The van der Waals surface area contributed by atoms with Gasteiger partial charge in [0.2, 0.25) is 0 Å². The van der Waals surface area contributed by atoms with Crippen molar-refractivity contribution < 1.29 is 364 Å². The molecule has 0 aliphatic rings. The van der Waals surface area contributed by atoms with E-state index in [4.69, 9.17) is 0 Å². The standard InChI is InChI=1S/C41H32N6O29S8.8Na/c48-37(42-23-1-5-29(77(53,54)55)33(15-23)81(65,66)67)19-9-20(38(49)43-24-2-6-30(78(56,57)58)34(16-24)82(68,69)70)12-27(11-19)46-41(52)47-28-13-21(39(50)44-25-3-7-31(79(59,60)61)35(17-25)83(71,72)73)10-22(14-28)40(51)45-26-4-8-32(80(62,63)64)36(18-26)84(74,75)76;;;;;;;;/h1-18H,(H,42,48)(H,43,49)(H,44,50)(H,45,51)(H2,46,47,52)(H,53,54,55)(H,56,57,58)(H,59,60,61)(H,62,63,64)(H,65,66,67)(H,68,69,70)(H,71,72,73)(H,74,75,76);;;;;;;;/q;8*+1/p-8. The van der Waals surface area contributed by atoms with Crippen molar-refractivity contribution in [2.45, 2.75) is 39.2 Å². The summed E-state index contributed by atoms with van der Waals surface area (Å²) in [5.74, 6) is -5.75. The monoisotopic (exact) mass is 1500 g/mol. The van der Waals surface area contributed by atoms with Crippen LogP contribution >= 0.6 is 0 Å². The summed E-state index contributed by atoms with van der Waals surface area (Å²) in [5.41, 5.74) is -7.35. The minimum atomic E-state index is -5.78. The maximum Gasteiger partial charge on any atom is 1.00 e. The molecule has 448 valence electrons. The smallest absolute Gasteiger partial charge is 0.744 e. The normalized spacial score (nSPS) is 11.5. The van der Waals surface area contributed by atoms with Crippen LogP contribution in [-0.2, 0) is 80.9 Å². The van der Waals surface area contributed by atoms with Crippen molar-refractivity contribution in [1.29, 1.82) is 0 Å². The Labute approximate surface area is 699 Å². The minimum Gasteiger partial charge on any atom is -0.744 e. The Bertz CT molecular complexity index is 4280. The molecule has 0 saturated carbocycles. The number of rotatable bonds is 18. The number of amides is 6. The fraction of sp³-hybridized carbons (Fsp3) is 0. The van der Waals surface area contributed by atoms with Crippen LogP contribution in [0.1, 0.15) is 41.4 Å². The quantitative estimate of drug-likeness (QED) is 0.0344. The Hall–Kier alpha value is -0.250. The van der Waals surface area contributed by atoms with Crippen LogP contribution in [-0.4, -0.2) is 133 Å². The molecular weight excluding hydrogens is 1480 g/mol. The van der Waals surface area contributed by atoms with Crippen molar-refractivity contribution in [2.75, 3.05) is 31.9 Å². The van der Waals surface area contributed by atoms with Crippen molar-refractivity contribution in [3.05, 3.63) is 131 Å². The number of benzene rings is 6. The average Bonchev–Trinajstić information content (AvgIpc) is 0.885. The number of hydrogen-bond donors (Lipinski definition) is 6. The van der Waals surface area contributed by atoms with E-state index < -0.39 is 206 Å². The summed E-state index contributed by atoms with van der Waals surface area (Å²) in [6, 6.07) is 7.35. The van der Waals surface area contributed by atoms with Crippen molar-refractivity contribution >= 4 is 145 Å².